The van der Waals surface area contributed by atoms with Crippen LogP contribution in [-0.4, -0.2) is 47.0 Å². The Morgan fingerprint density at radius 1 is 1.22 bits per heavy atom. The van der Waals surface area contributed by atoms with Crippen molar-refractivity contribution in [1.29, 1.82) is 0 Å². The Hall–Kier alpha value is -2.11. The number of anilines is 1. The molecule has 124 valence electrons. The zero-order chi connectivity index (χ0) is 16.4. The maximum Gasteiger partial charge on any atom is 0.300 e. The summed E-state index contributed by atoms with van der Waals surface area (Å²) in [4.78, 5) is 25.1. The molecule has 3 rings (SSSR count). The van der Waals surface area contributed by atoms with Crippen LogP contribution in [0.15, 0.2) is 16.5 Å². The van der Waals surface area contributed by atoms with Crippen molar-refractivity contribution in [2.75, 3.05) is 31.1 Å². The van der Waals surface area contributed by atoms with Crippen molar-refractivity contribution in [3.63, 3.8) is 0 Å². The van der Waals surface area contributed by atoms with E-state index in [1.165, 1.54) is 0 Å². The quantitative estimate of drug-likeness (QED) is 0.867. The number of hydrogen-bond acceptors (Lipinski definition) is 5. The van der Waals surface area contributed by atoms with Crippen molar-refractivity contribution < 1.29 is 9.21 Å². The summed E-state index contributed by atoms with van der Waals surface area (Å²) in [5.41, 5.74) is 2.29. The molecule has 0 bridgehead atoms. The summed E-state index contributed by atoms with van der Waals surface area (Å²) < 4.78 is 5.79. The number of fused-ring (bicyclic) bond motifs is 1. The van der Waals surface area contributed by atoms with Gasteiger partial charge in [-0.1, -0.05) is 13.8 Å². The molecule has 1 aliphatic heterocycles. The number of rotatable bonds is 4. The van der Waals surface area contributed by atoms with E-state index in [1.807, 2.05) is 24.0 Å². The molecule has 1 saturated heterocycles. The minimum atomic E-state index is 0.258. The van der Waals surface area contributed by atoms with E-state index in [-0.39, 0.29) is 5.91 Å². The van der Waals surface area contributed by atoms with Crippen molar-refractivity contribution in [3.8, 4) is 0 Å². The summed E-state index contributed by atoms with van der Waals surface area (Å²) >= 11 is 0. The van der Waals surface area contributed by atoms with Crippen molar-refractivity contribution >= 4 is 23.2 Å². The lowest BCUT2D eigenvalue weighted by atomic mass is 10.1. The molecule has 0 N–H and O–H groups in total. The number of aryl methyl sites for hydroxylation is 1. The van der Waals surface area contributed by atoms with E-state index < -0.39 is 0 Å². The lowest BCUT2D eigenvalue weighted by Crippen LogP contribution is -2.48. The van der Waals surface area contributed by atoms with Gasteiger partial charge in [0.1, 0.15) is 0 Å². The summed E-state index contributed by atoms with van der Waals surface area (Å²) in [7, 11) is 0. The fourth-order valence-corrected chi connectivity index (χ4v) is 2.75. The number of amides is 1. The smallest absolute Gasteiger partial charge is 0.300 e. The molecule has 0 aromatic carbocycles. The van der Waals surface area contributed by atoms with E-state index in [4.69, 9.17) is 4.42 Å². The maximum atomic E-state index is 12.2. The molecule has 0 spiro atoms. The normalized spacial score (nSPS) is 15.7. The first kappa shape index (κ1) is 15.8. The standard InChI is InChI=1S/C17H24N4O2/c1-12(2)4-7-15(22)20-8-10-21(11-9-20)17-19-16-14(23-17)6-5-13(3)18-16/h5-6,12H,4,7-11H2,1-3H3. The molecular weight excluding hydrogens is 292 g/mol. The van der Waals surface area contributed by atoms with E-state index in [1.54, 1.807) is 0 Å². The predicted octanol–water partition coefficient (Wildman–Crippen LogP) is 2.62. The molecule has 23 heavy (non-hydrogen) atoms. The van der Waals surface area contributed by atoms with Crippen LogP contribution in [0.2, 0.25) is 0 Å². The topological polar surface area (TPSA) is 62.5 Å². The van der Waals surface area contributed by atoms with E-state index in [2.05, 4.69) is 28.7 Å². The second-order valence-electron chi connectivity index (χ2n) is 6.57. The zero-order valence-corrected chi connectivity index (χ0v) is 14.1. The minimum Gasteiger partial charge on any atom is -0.422 e. The zero-order valence-electron chi connectivity index (χ0n) is 14.1. The van der Waals surface area contributed by atoms with Gasteiger partial charge in [0.15, 0.2) is 5.58 Å². The number of nitrogens with zero attached hydrogens (tertiary/aromatic N) is 4. The van der Waals surface area contributed by atoms with Crippen molar-refractivity contribution in [2.24, 2.45) is 5.92 Å². The van der Waals surface area contributed by atoms with Crippen LogP contribution in [0, 0.1) is 12.8 Å². The Morgan fingerprint density at radius 2 is 1.96 bits per heavy atom. The second kappa shape index (κ2) is 6.56. The van der Waals surface area contributed by atoms with Gasteiger partial charge in [-0.05, 0) is 31.4 Å². The maximum absolute atomic E-state index is 12.2. The summed E-state index contributed by atoms with van der Waals surface area (Å²) in [6.45, 7) is 9.18. The fourth-order valence-electron chi connectivity index (χ4n) is 2.75. The van der Waals surface area contributed by atoms with Gasteiger partial charge in [-0.2, -0.15) is 4.98 Å². The molecule has 0 atom stereocenters. The van der Waals surface area contributed by atoms with Crippen molar-refractivity contribution in [3.05, 3.63) is 17.8 Å². The van der Waals surface area contributed by atoms with Crippen molar-refractivity contribution in [1.82, 2.24) is 14.9 Å². The summed E-state index contributed by atoms with van der Waals surface area (Å²) in [6, 6.07) is 4.43. The Balaban J connectivity index is 1.60. The molecule has 2 aromatic rings. The molecule has 0 unspecified atom stereocenters. The average Bonchev–Trinajstić information content (AvgIpc) is 2.95. The number of carbonyl (C=O) groups excluding carboxylic acids is 1. The fraction of sp³-hybridized carbons (Fsp3) is 0.588. The van der Waals surface area contributed by atoms with Gasteiger partial charge in [0.25, 0.3) is 6.01 Å². The molecule has 0 saturated carbocycles. The highest BCUT2D eigenvalue weighted by atomic mass is 16.4. The number of oxazole rings is 1. The Bertz CT molecular complexity index is 687. The molecular formula is C17H24N4O2. The van der Waals surface area contributed by atoms with Gasteiger partial charge in [-0.25, -0.2) is 4.98 Å². The molecule has 1 aliphatic rings. The van der Waals surface area contributed by atoms with Crippen LogP contribution in [-0.2, 0) is 4.79 Å². The van der Waals surface area contributed by atoms with E-state index in [0.717, 1.165) is 38.3 Å². The second-order valence-corrected chi connectivity index (χ2v) is 6.57. The first-order chi connectivity index (χ1) is 11.0. The largest absolute Gasteiger partial charge is 0.422 e. The lowest BCUT2D eigenvalue weighted by molar-refractivity contribution is -0.131. The molecule has 1 fully saturated rings. The van der Waals surface area contributed by atoms with Crippen LogP contribution in [0.5, 0.6) is 0 Å². The summed E-state index contributed by atoms with van der Waals surface area (Å²) in [6.07, 6.45) is 1.60. The Labute approximate surface area is 136 Å². The highest BCUT2D eigenvalue weighted by Crippen LogP contribution is 2.22. The molecule has 0 radical (unpaired) electrons. The highest BCUT2D eigenvalue weighted by molar-refractivity contribution is 5.76. The van der Waals surface area contributed by atoms with E-state index in [0.29, 0.717) is 29.6 Å². The van der Waals surface area contributed by atoms with Crippen LogP contribution in [0.4, 0.5) is 6.01 Å². The van der Waals surface area contributed by atoms with Gasteiger partial charge in [0.05, 0.1) is 0 Å². The van der Waals surface area contributed by atoms with Crippen LogP contribution >= 0.6 is 0 Å². The van der Waals surface area contributed by atoms with Gasteiger partial charge in [0, 0.05) is 38.3 Å². The van der Waals surface area contributed by atoms with Crippen LogP contribution in [0.25, 0.3) is 11.2 Å². The van der Waals surface area contributed by atoms with Crippen LogP contribution < -0.4 is 4.90 Å². The molecule has 2 aromatic heterocycles. The third-order valence-electron chi connectivity index (χ3n) is 4.22. The third kappa shape index (κ3) is 3.63. The minimum absolute atomic E-state index is 0.258. The van der Waals surface area contributed by atoms with Gasteiger partial charge >= 0.3 is 0 Å². The highest BCUT2D eigenvalue weighted by Gasteiger charge is 2.24. The van der Waals surface area contributed by atoms with E-state index in [9.17, 15) is 4.79 Å². The van der Waals surface area contributed by atoms with Crippen LogP contribution in [0.3, 0.4) is 0 Å². The molecule has 3 heterocycles. The number of piperazine rings is 1. The SMILES string of the molecule is Cc1ccc2oc(N3CCN(C(=O)CCC(C)C)CC3)nc2n1. The van der Waals surface area contributed by atoms with E-state index >= 15 is 0 Å². The van der Waals surface area contributed by atoms with Gasteiger partial charge in [-0.15, -0.1) is 0 Å². The monoisotopic (exact) mass is 316 g/mol. The predicted molar refractivity (Wildman–Crippen MR) is 89.4 cm³/mol. The Kier molecular flexibility index (Phi) is 4.50. The first-order valence-corrected chi connectivity index (χ1v) is 8.30. The number of hydrogen-bond donors (Lipinski definition) is 0. The molecule has 6 nitrogen and oxygen atoms in total. The third-order valence-corrected chi connectivity index (χ3v) is 4.22. The summed E-state index contributed by atoms with van der Waals surface area (Å²) in [5, 5.41) is 0. The number of aromatic nitrogens is 2. The van der Waals surface area contributed by atoms with Crippen LogP contribution in [0.1, 0.15) is 32.4 Å². The van der Waals surface area contributed by atoms with Gasteiger partial charge in [-0.3, -0.25) is 4.79 Å². The molecule has 0 aliphatic carbocycles. The van der Waals surface area contributed by atoms with Gasteiger partial charge in [0.2, 0.25) is 11.6 Å². The number of carbonyl (C=O) groups is 1. The average molecular weight is 316 g/mol. The lowest BCUT2D eigenvalue weighted by Gasteiger charge is -2.34. The Morgan fingerprint density at radius 3 is 2.65 bits per heavy atom. The summed E-state index contributed by atoms with van der Waals surface area (Å²) in [5.74, 6) is 0.823. The van der Waals surface area contributed by atoms with Gasteiger partial charge < -0.3 is 14.2 Å². The first-order valence-electron chi connectivity index (χ1n) is 8.30. The molecule has 1 amide bonds. The molecule has 6 heteroatoms. The number of pyridine rings is 1. The van der Waals surface area contributed by atoms with Crippen molar-refractivity contribution in [2.45, 2.75) is 33.6 Å².